The zero-order chi connectivity index (χ0) is 19.7. The van der Waals surface area contributed by atoms with Crippen LogP contribution in [-0.4, -0.2) is 43.6 Å². The summed E-state index contributed by atoms with van der Waals surface area (Å²) in [6.45, 7) is 7.56. The summed E-state index contributed by atoms with van der Waals surface area (Å²) in [5.74, 6) is 1.44. The molecular formula is C22H27N5O. The standard InChI is InChI=1S/C22H27N5O/c1-15-6-4-5-7-19(15)20-14-24-25-21(20)18-8-11-26(12-9-18)22(28)16(2)27-13-10-23-17(27)3/h4-7,10,13-14,16,18H,8-9,11-12H2,1-3H3,(H,24,25)/t16-/m0/s1. The molecule has 0 aliphatic carbocycles. The maximum absolute atomic E-state index is 12.9. The van der Waals surface area contributed by atoms with Crippen molar-refractivity contribution in [2.75, 3.05) is 13.1 Å². The van der Waals surface area contributed by atoms with E-state index in [0.717, 1.165) is 31.8 Å². The smallest absolute Gasteiger partial charge is 0.245 e. The number of piperidine rings is 1. The minimum Gasteiger partial charge on any atom is -0.341 e. The highest BCUT2D eigenvalue weighted by atomic mass is 16.2. The van der Waals surface area contributed by atoms with Crippen molar-refractivity contribution in [3.8, 4) is 11.1 Å². The first-order valence-electron chi connectivity index (χ1n) is 9.93. The molecule has 28 heavy (non-hydrogen) atoms. The number of hydrogen-bond donors (Lipinski definition) is 1. The van der Waals surface area contributed by atoms with Crippen LogP contribution in [0.25, 0.3) is 11.1 Å². The van der Waals surface area contributed by atoms with Crippen molar-refractivity contribution >= 4 is 5.91 Å². The van der Waals surface area contributed by atoms with E-state index in [-0.39, 0.29) is 11.9 Å². The Bertz CT molecular complexity index is 965. The molecule has 3 aromatic rings. The summed E-state index contributed by atoms with van der Waals surface area (Å²) in [6.07, 6.45) is 7.45. The Labute approximate surface area is 165 Å². The molecule has 0 spiro atoms. The molecule has 1 N–H and O–H groups in total. The summed E-state index contributed by atoms with van der Waals surface area (Å²) >= 11 is 0. The van der Waals surface area contributed by atoms with Gasteiger partial charge in [0.25, 0.3) is 0 Å². The number of rotatable bonds is 4. The van der Waals surface area contributed by atoms with Gasteiger partial charge in [0.1, 0.15) is 11.9 Å². The van der Waals surface area contributed by atoms with Gasteiger partial charge in [-0.15, -0.1) is 0 Å². The number of H-pyrrole nitrogens is 1. The second kappa shape index (κ2) is 7.62. The van der Waals surface area contributed by atoms with Gasteiger partial charge in [0.2, 0.25) is 5.91 Å². The Hall–Kier alpha value is -2.89. The highest BCUT2D eigenvalue weighted by Gasteiger charge is 2.29. The maximum atomic E-state index is 12.9. The van der Waals surface area contributed by atoms with E-state index in [1.165, 1.54) is 22.4 Å². The van der Waals surface area contributed by atoms with E-state index >= 15 is 0 Å². The summed E-state index contributed by atoms with van der Waals surface area (Å²) in [5.41, 5.74) is 4.86. The summed E-state index contributed by atoms with van der Waals surface area (Å²) in [7, 11) is 0. The van der Waals surface area contributed by atoms with Gasteiger partial charge in [0, 0.05) is 42.7 Å². The fourth-order valence-corrected chi connectivity index (χ4v) is 4.27. The third-order valence-corrected chi connectivity index (χ3v) is 5.96. The minimum absolute atomic E-state index is 0.170. The average Bonchev–Trinajstić information content (AvgIpc) is 3.36. The number of nitrogens with zero attached hydrogens (tertiary/aromatic N) is 4. The van der Waals surface area contributed by atoms with Crippen LogP contribution in [0, 0.1) is 13.8 Å². The third-order valence-electron chi connectivity index (χ3n) is 5.96. The number of imidazole rings is 1. The minimum atomic E-state index is -0.214. The van der Waals surface area contributed by atoms with Crippen LogP contribution in [0.15, 0.2) is 42.9 Å². The number of aryl methyl sites for hydroxylation is 2. The number of likely N-dealkylation sites (tertiary alicyclic amines) is 1. The van der Waals surface area contributed by atoms with E-state index in [4.69, 9.17) is 0 Å². The Balaban J connectivity index is 1.46. The first-order valence-corrected chi connectivity index (χ1v) is 9.93. The van der Waals surface area contributed by atoms with E-state index in [0.29, 0.717) is 5.92 Å². The normalized spacial score (nSPS) is 16.3. The van der Waals surface area contributed by atoms with Gasteiger partial charge in [0.15, 0.2) is 0 Å². The number of hydrogen-bond acceptors (Lipinski definition) is 3. The molecule has 146 valence electrons. The Kier molecular flexibility index (Phi) is 5.03. The topological polar surface area (TPSA) is 66.8 Å². The largest absolute Gasteiger partial charge is 0.341 e. The average molecular weight is 377 g/mol. The second-order valence-corrected chi connectivity index (χ2v) is 7.67. The number of benzene rings is 1. The van der Waals surface area contributed by atoms with Crippen LogP contribution in [0.4, 0.5) is 0 Å². The lowest BCUT2D eigenvalue weighted by Gasteiger charge is -2.34. The van der Waals surface area contributed by atoms with Crippen molar-refractivity contribution in [3.05, 3.63) is 59.9 Å². The molecule has 0 unspecified atom stereocenters. The fourth-order valence-electron chi connectivity index (χ4n) is 4.27. The zero-order valence-electron chi connectivity index (χ0n) is 16.7. The van der Waals surface area contributed by atoms with Crippen molar-refractivity contribution in [1.82, 2.24) is 24.6 Å². The molecule has 1 aliphatic rings. The molecule has 6 heteroatoms. The lowest BCUT2D eigenvalue weighted by molar-refractivity contribution is -0.135. The molecule has 6 nitrogen and oxygen atoms in total. The van der Waals surface area contributed by atoms with Crippen LogP contribution in [0.2, 0.25) is 0 Å². The van der Waals surface area contributed by atoms with Gasteiger partial charge < -0.3 is 9.47 Å². The second-order valence-electron chi connectivity index (χ2n) is 7.67. The number of aromatic amines is 1. The predicted octanol–water partition coefficient (Wildman–Crippen LogP) is 3.86. The van der Waals surface area contributed by atoms with Gasteiger partial charge >= 0.3 is 0 Å². The van der Waals surface area contributed by atoms with Crippen molar-refractivity contribution in [2.45, 2.75) is 45.6 Å². The fraction of sp³-hybridized carbons (Fsp3) is 0.409. The van der Waals surface area contributed by atoms with E-state index < -0.39 is 0 Å². The SMILES string of the molecule is Cc1ccccc1-c1cn[nH]c1C1CCN(C(=O)[C@H](C)n2ccnc2C)CC1. The van der Waals surface area contributed by atoms with E-state index in [9.17, 15) is 4.79 Å². The molecule has 1 fully saturated rings. The summed E-state index contributed by atoms with van der Waals surface area (Å²) in [6, 6.07) is 8.20. The molecule has 2 aromatic heterocycles. The molecule has 0 saturated carbocycles. The number of aromatic nitrogens is 4. The molecule has 1 amide bonds. The van der Waals surface area contributed by atoms with Gasteiger partial charge in [-0.25, -0.2) is 4.98 Å². The lowest BCUT2D eigenvalue weighted by Crippen LogP contribution is -2.41. The van der Waals surface area contributed by atoms with E-state index in [1.54, 1.807) is 6.20 Å². The molecule has 3 heterocycles. The third kappa shape index (κ3) is 3.35. The zero-order valence-corrected chi connectivity index (χ0v) is 16.7. The highest BCUT2D eigenvalue weighted by Crippen LogP contribution is 2.35. The number of carbonyl (C=O) groups excluding carboxylic acids is 1. The summed E-state index contributed by atoms with van der Waals surface area (Å²) in [4.78, 5) is 19.2. The summed E-state index contributed by atoms with van der Waals surface area (Å²) in [5, 5.41) is 7.56. The molecule has 1 atom stereocenters. The monoisotopic (exact) mass is 377 g/mol. The first-order chi connectivity index (χ1) is 13.6. The van der Waals surface area contributed by atoms with Gasteiger partial charge in [0.05, 0.1) is 6.20 Å². The molecule has 0 radical (unpaired) electrons. The van der Waals surface area contributed by atoms with Gasteiger partial charge in [-0.05, 0) is 44.7 Å². The molecule has 4 rings (SSSR count). The van der Waals surface area contributed by atoms with Crippen molar-refractivity contribution in [2.24, 2.45) is 0 Å². The van der Waals surface area contributed by atoms with Crippen LogP contribution < -0.4 is 0 Å². The van der Waals surface area contributed by atoms with Crippen molar-refractivity contribution in [3.63, 3.8) is 0 Å². The summed E-state index contributed by atoms with van der Waals surface area (Å²) < 4.78 is 1.94. The molecule has 1 saturated heterocycles. The van der Waals surface area contributed by atoms with Crippen LogP contribution in [0.5, 0.6) is 0 Å². The van der Waals surface area contributed by atoms with Crippen LogP contribution in [0.1, 0.15) is 48.8 Å². The molecule has 0 bridgehead atoms. The van der Waals surface area contributed by atoms with Crippen molar-refractivity contribution < 1.29 is 4.79 Å². The Morgan fingerprint density at radius 3 is 2.61 bits per heavy atom. The number of amides is 1. The number of nitrogens with one attached hydrogen (secondary N) is 1. The Morgan fingerprint density at radius 1 is 1.18 bits per heavy atom. The lowest BCUT2D eigenvalue weighted by atomic mass is 9.88. The number of carbonyl (C=O) groups is 1. The quantitative estimate of drug-likeness (QED) is 0.751. The van der Waals surface area contributed by atoms with Gasteiger partial charge in [-0.1, -0.05) is 24.3 Å². The van der Waals surface area contributed by atoms with Gasteiger partial charge in [-0.2, -0.15) is 5.10 Å². The van der Waals surface area contributed by atoms with E-state index in [2.05, 4.69) is 46.4 Å². The van der Waals surface area contributed by atoms with Crippen LogP contribution in [-0.2, 0) is 4.79 Å². The van der Waals surface area contributed by atoms with E-state index in [1.807, 2.05) is 35.7 Å². The van der Waals surface area contributed by atoms with Crippen molar-refractivity contribution in [1.29, 1.82) is 0 Å². The molecule has 1 aromatic carbocycles. The van der Waals surface area contributed by atoms with Crippen LogP contribution in [0.3, 0.4) is 0 Å². The predicted molar refractivity (Wildman–Crippen MR) is 109 cm³/mol. The molecule has 1 aliphatic heterocycles. The van der Waals surface area contributed by atoms with Crippen LogP contribution >= 0.6 is 0 Å². The highest BCUT2D eigenvalue weighted by molar-refractivity contribution is 5.80. The Morgan fingerprint density at radius 2 is 1.93 bits per heavy atom. The molecular weight excluding hydrogens is 350 g/mol. The maximum Gasteiger partial charge on any atom is 0.245 e. The first kappa shape index (κ1) is 18.5. The van der Waals surface area contributed by atoms with Gasteiger partial charge in [-0.3, -0.25) is 9.89 Å².